The maximum Gasteiger partial charge on any atom is 0.243 e. The average Bonchev–Trinajstić information content (AvgIpc) is 3.15. The second-order valence-electron chi connectivity index (χ2n) is 6.67. The van der Waals surface area contributed by atoms with E-state index in [1.807, 2.05) is 35.0 Å². The molecule has 9 heteroatoms. The van der Waals surface area contributed by atoms with Gasteiger partial charge in [0.25, 0.3) is 0 Å². The van der Waals surface area contributed by atoms with Gasteiger partial charge in [0.15, 0.2) is 0 Å². The molecule has 0 aliphatic heterocycles. The first-order chi connectivity index (χ1) is 14.4. The summed E-state index contributed by atoms with van der Waals surface area (Å²) in [6.45, 7) is 4.41. The highest BCUT2D eigenvalue weighted by molar-refractivity contribution is 7.98. The summed E-state index contributed by atoms with van der Waals surface area (Å²) >= 11 is 1.64. The van der Waals surface area contributed by atoms with E-state index in [2.05, 4.69) is 10.3 Å². The molecule has 2 heterocycles. The summed E-state index contributed by atoms with van der Waals surface area (Å²) in [5, 5.41) is 2.79. The number of aromatic nitrogens is 2. The van der Waals surface area contributed by atoms with Crippen LogP contribution in [0.25, 0.3) is 5.65 Å². The first kappa shape index (κ1) is 22.3. The van der Waals surface area contributed by atoms with Crippen molar-refractivity contribution in [1.29, 1.82) is 0 Å². The molecule has 0 aliphatic carbocycles. The number of amides is 1. The Labute approximate surface area is 181 Å². The van der Waals surface area contributed by atoms with Crippen molar-refractivity contribution >= 4 is 39.0 Å². The Kier molecular flexibility index (Phi) is 7.52. The van der Waals surface area contributed by atoms with Crippen molar-refractivity contribution in [2.75, 3.05) is 24.2 Å². The molecule has 7 nitrogen and oxygen atoms in total. The van der Waals surface area contributed by atoms with Crippen LogP contribution in [0.15, 0.2) is 59.8 Å². The van der Waals surface area contributed by atoms with Crippen molar-refractivity contribution in [2.24, 2.45) is 0 Å². The normalized spacial score (nSPS) is 11.8. The quantitative estimate of drug-likeness (QED) is 0.481. The monoisotopic (exact) mass is 446 g/mol. The fourth-order valence-electron chi connectivity index (χ4n) is 3.07. The molecule has 0 radical (unpaired) electrons. The Morgan fingerprint density at radius 2 is 1.97 bits per heavy atom. The third-order valence-electron chi connectivity index (χ3n) is 4.60. The number of carbonyl (C=O) groups excluding carboxylic acids is 1. The second-order valence-corrected chi connectivity index (χ2v) is 9.71. The minimum Gasteiger partial charge on any atom is -0.326 e. The third-order valence-corrected chi connectivity index (χ3v) is 7.64. The molecule has 0 saturated heterocycles. The van der Waals surface area contributed by atoms with Crippen LogP contribution in [-0.4, -0.2) is 46.9 Å². The lowest BCUT2D eigenvalue weighted by molar-refractivity contribution is -0.115. The molecule has 0 saturated carbocycles. The van der Waals surface area contributed by atoms with E-state index >= 15 is 0 Å². The van der Waals surface area contributed by atoms with Gasteiger partial charge < -0.3 is 9.72 Å². The lowest BCUT2D eigenvalue weighted by Gasteiger charge is -2.18. The number of pyridine rings is 1. The number of anilines is 1. The van der Waals surface area contributed by atoms with Crippen LogP contribution in [0.5, 0.6) is 0 Å². The minimum absolute atomic E-state index is 0.144. The lowest BCUT2D eigenvalue weighted by atomic mass is 10.3. The van der Waals surface area contributed by atoms with Gasteiger partial charge in [-0.15, -0.1) is 0 Å². The van der Waals surface area contributed by atoms with Crippen molar-refractivity contribution < 1.29 is 13.2 Å². The van der Waals surface area contributed by atoms with E-state index in [0.717, 1.165) is 17.1 Å². The van der Waals surface area contributed by atoms with Gasteiger partial charge in [0, 0.05) is 49.1 Å². The smallest absolute Gasteiger partial charge is 0.243 e. The van der Waals surface area contributed by atoms with Crippen LogP contribution in [0.4, 0.5) is 5.69 Å². The molecule has 0 spiro atoms. The Hall–Kier alpha value is -2.36. The van der Waals surface area contributed by atoms with Crippen molar-refractivity contribution in [1.82, 2.24) is 13.7 Å². The summed E-state index contributed by atoms with van der Waals surface area (Å²) in [5.74, 6) is 1.24. The Morgan fingerprint density at radius 1 is 1.17 bits per heavy atom. The molecule has 30 heavy (non-hydrogen) atoms. The number of hydrogen-bond donors (Lipinski definition) is 1. The van der Waals surface area contributed by atoms with Gasteiger partial charge >= 0.3 is 0 Å². The van der Waals surface area contributed by atoms with E-state index in [9.17, 15) is 13.2 Å². The fraction of sp³-hybridized carbons (Fsp3) is 0.333. The van der Waals surface area contributed by atoms with E-state index in [0.29, 0.717) is 31.0 Å². The van der Waals surface area contributed by atoms with Crippen LogP contribution in [0, 0.1) is 0 Å². The second kappa shape index (κ2) is 10.1. The molecule has 0 unspecified atom stereocenters. The maximum atomic E-state index is 12.6. The molecule has 0 fully saturated rings. The number of nitrogens with one attached hydrogen (secondary N) is 1. The Morgan fingerprint density at radius 3 is 2.70 bits per heavy atom. The first-order valence-corrected chi connectivity index (χ1v) is 12.4. The van der Waals surface area contributed by atoms with Gasteiger partial charge in [-0.25, -0.2) is 13.4 Å². The van der Waals surface area contributed by atoms with Gasteiger partial charge in [-0.1, -0.05) is 26.0 Å². The highest BCUT2D eigenvalue weighted by atomic mass is 32.2. The van der Waals surface area contributed by atoms with Gasteiger partial charge in [-0.2, -0.15) is 16.1 Å². The number of hydrogen-bond acceptors (Lipinski definition) is 5. The topological polar surface area (TPSA) is 83.8 Å². The number of fused-ring (bicyclic) bond motifs is 1. The lowest BCUT2D eigenvalue weighted by Crippen LogP contribution is -2.30. The molecular formula is C21H26N4O3S2. The highest BCUT2D eigenvalue weighted by Crippen LogP contribution is 2.20. The Bertz CT molecular complexity index is 1080. The molecule has 2 aromatic heterocycles. The summed E-state index contributed by atoms with van der Waals surface area (Å²) in [6, 6.07) is 12.3. The minimum atomic E-state index is -3.55. The van der Waals surface area contributed by atoms with Crippen LogP contribution in [0.3, 0.4) is 0 Å². The van der Waals surface area contributed by atoms with Gasteiger partial charge in [-0.05, 0) is 30.3 Å². The molecule has 3 aromatic rings. The molecule has 1 aromatic carbocycles. The third kappa shape index (κ3) is 5.41. The number of rotatable bonds is 10. The van der Waals surface area contributed by atoms with Crippen molar-refractivity contribution in [3.05, 3.63) is 60.6 Å². The van der Waals surface area contributed by atoms with Crippen LogP contribution in [0.1, 0.15) is 26.0 Å². The zero-order valence-electron chi connectivity index (χ0n) is 17.1. The summed E-state index contributed by atoms with van der Waals surface area (Å²) in [6.07, 6.45) is 4.29. The van der Waals surface area contributed by atoms with E-state index in [-0.39, 0.29) is 10.8 Å². The molecule has 0 aliphatic rings. The van der Waals surface area contributed by atoms with Crippen LogP contribution < -0.4 is 5.32 Å². The van der Waals surface area contributed by atoms with Crippen LogP contribution in [0.2, 0.25) is 0 Å². The Balaban J connectivity index is 1.51. The number of sulfonamides is 1. The van der Waals surface area contributed by atoms with Crippen molar-refractivity contribution in [3.8, 4) is 0 Å². The summed E-state index contributed by atoms with van der Waals surface area (Å²) in [4.78, 5) is 17.0. The molecule has 1 N–H and O–H groups in total. The number of thioether (sulfide) groups is 1. The zero-order chi connectivity index (χ0) is 21.6. The van der Waals surface area contributed by atoms with E-state index < -0.39 is 10.0 Å². The largest absolute Gasteiger partial charge is 0.326 e. The maximum absolute atomic E-state index is 12.6. The predicted octanol–water partition coefficient (Wildman–Crippen LogP) is 3.63. The van der Waals surface area contributed by atoms with Gasteiger partial charge in [0.1, 0.15) is 5.65 Å². The number of carbonyl (C=O) groups is 1. The SMILES string of the molecule is CCN(CC)S(=O)(=O)c1cccc(NC(=O)CCSCc2cn3ccccc3n2)c1. The molecule has 160 valence electrons. The molecule has 1 amide bonds. The highest BCUT2D eigenvalue weighted by Gasteiger charge is 2.21. The molecule has 3 rings (SSSR count). The summed E-state index contributed by atoms with van der Waals surface area (Å²) < 4.78 is 28.7. The molecule has 0 atom stereocenters. The predicted molar refractivity (Wildman–Crippen MR) is 121 cm³/mol. The van der Waals surface area contributed by atoms with E-state index in [1.165, 1.54) is 10.4 Å². The first-order valence-electron chi connectivity index (χ1n) is 9.84. The zero-order valence-corrected chi connectivity index (χ0v) is 18.7. The van der Waals surface area contributed by atoms with E-state index in [1.54, 1.807) is 43.8 Å². The number of imidazole rings is 1. The molecular weight excluding hydrogens is 420 g/mol. The average molecular weight is 447 g/mol. The van der Waals surface area contributed by atoms with E-state index in [4.69, 9.17) is 0 Å². The fourth-order valence-corrected chi connectivity index (χ4v) is 5.40. The number of benzene rings is 1. The van der Waals surface area contributed by atoms with Crippen molar-refractivity contribution in [3.63, 3.8) is 0 Å². The van der Waals surface area contributed by atoms with Crippen molar-refractivity contribution in [2.45, 2.75) is 30.9 Å². The summed E-state index contributed by atoms with van der Waals surface area (Å²) in [7, 11) is -3.55. The van der Waals surface area contributed by atoms with Crippen LogP contribution >= 0.6 is 11.8 Å². The summed E-state index contributed by atoms with van der Waals surface area (Å²) in [5.41, 5.74) is 2.37. The molecule has 0 bridgehead atoms. The van der Waals surface area contributed by atoms with Gasteiger partial charge in [0.2, 0.25) is 15.9 Å². The van der Waals surface area contributed by atoms with Crippen LogP contribution in [-0.2, 0) is 20.6 Å². The van der Waals surface area contributed by atoms with Gasteiger partial charge in [-0.3, -0.25) is 4.79 Å². The van der Waals surface area contributed by atoms with Gasteiger partial charge in [0.05, 0.1) is 10.6 Å². The number of nitrogens with zero attached hydrogens (tertiary/aromatic N) is 3. The standard InChI is InChI=1S/C21H26N4O3S2/c1-3-25(4-2)30(27,28)19-9-7-8-17(14-19)23-21(26)11-13-29-16-18-15-24-12-6-5-10-20(24)22-18/h5-10,12,14-15H,3-4,11,13,16H2,1-2H3,(H,23,26).